The van der Waals surface area contributed by atoms with E-state index in [0.29, 0.717) is 5.92 Å². The summed E-state index contributed by atoms with van der Waals surface area (Å²) in [5.41, 5.74) is 1.03. The van der Waals surface area contributed by atoms with Crippen molar-refractivity contribution >= 4 is 6.08 Å². The van der Waals surface area contributed by atoms with Gasteiger partial charge in [0.25, 0.3) is 0 Å². The Morgan fingerprint density at radius 2 is 1.93 bits per heavy atom. The summed E-state index contributed by atoms with van der Waals surface area (Å²) in [6, 6.07) is 6.49. The first-order valence-electron chi connectivity index (χ1n) is 5.31. The molecule has 0 aliphatic carbocycles. The molecule has 1 rings (SSSR count). The fourth-order valence-electron chi connectivity index (χ4n) is 1.22. The molecule has 1 aromatic carbocycles. The lowest BCUT2D eigenvalue weighted by Gasteiger charge is -2.03. The zero-order valence-electron chi connectivity index (χ0n) is 9.33. The number of halogens is 1. The molecule has 0 saturated carbocycles. The first-order chi connectivity index (χ1) is 7.18. The fraction of sp³-hybridized carbons (Fsp3) is 0.385. The zero-order chi connectivity index (χ0) is 11.1. The molecule has 2 heteroatoms. The second-order valence-electron chi connectivity index (χ2n) is 4.01. The second-order valence-corrected chi connectivity index (χ2v) is 4.01. The quantitative estimate of drug-likeness (QED) is 0.732. The maximum Gasteiger partial charge on any atom is 0.123 e. The van der Waals surface area contributed by atoms with Gasteiger partial charge < -0.3 is 5.32 Å². The van der Waals surface area contributed by atoms with E-state index in [9.17, 15) is 4.39 Å². The highest BCUT2D eigenvalue weighted by molar-refractivity contribution is 5.48. The van der Waals surface area contributed by atoms with E-state index in [4.69, 9.17) is 0 Å². The number of rotatable bonds is 5. The van der Waals surface area contributed by atoms with Gasteiger partial charge in [0.05, 0.1) is 0 Å². The Morgan fingerprint density at radius 1 is 1.27 bits per heavy atom. The van der Waals surface area contributed by atoms with Crippen LogP contribution in [0.5, 0.6) is 0 Å². The topological polar surface area (TPSA) is 12.0 Å². The molecular formula is C13H18FN. The summed E-state index contributed by atoms with van der Waals surface area (Å²) in [4.78, 5) is 0. The minimum Gasteiger partial charge on any atom is -0.313 e. The normalized spacial score (nSPS) is 11.5. The van der Waals surface area contributed by atoms with Crippen LogP contribution >= 0.6 is 0 Å². The highest BCUT2D eigenvalue weighted by Gasteiger charge is 1.90. The largest absolute Gasteiger partial charge is 0.313 e. The van der Waals surface area contributed by atoms with Crippen molar-refractivity contribution in [3.05, 3.63) is 41.7 Å². The van der Waals surface area contributed by atoms with Crippen LogP contribution in [-0.2, 0) is 0 Å². The van der Waals surface area contributed by atoms with Gasteiger partial charge in [-0.05, 0) is 30.2 Å². The Kier molecular flexibility index (Phi) is 5.05. The SMILES string of the molecule is CC(C)CNCC=Cc1ccc(F)cc1. The first kappa shape index (κ1) is 11.9. The summed E-state index contributed by atoms with van der Waals surface area (Å²) in [5, 5.41) is 3.31. The second kappa shape index (κ2) is 6.36. The Hall–Kier alpha value is -1.15. The van der Waals surface area contributed by atoms with Gasteiger partial charge in [-0.25, -0.2) is 4.39 Å². The molecule has 15 heavy (non-hydrogen) atoms. The van der Waals surface area contributed by atoms with Crippen LogP contribution in [0.1, 0.15) is 19.4 Å². The molecule has 0 amide bonds. The highest BCUT2D eigenvalue weighted by Crippen LogP contribution is 2.03. The Balaban J connectivity index is 2.29. The maximum atomic E-state index is 12.6. The van der Waals surface area contributed by atoms with Crippen LogP contribution in [0.4, 0.5) is 4.39 Å². The van der Waals surface area contributed by atoms with Crippen molar-refractivity contribution in [1.29, 1.82) is 0 Å². The first-order valence-corrected chi connectivity index (χ1v) is 5.31. The summed E-state index contributed by atoms with van der Waals surface area (Å²) < 4.78 is 12.6. The minimum atomic E-state index is -0.190. The van der Waals surface area contributed by atoms with Gasteiger partial charge in [-0.3, -0.25) is 0 Å². The number of nitrogens with one attached hydrogen (secondary N) is 1. The number of hydrogen-bond acceptors (Lipinski definition) is 1. The van der Waals surface area contributed by atoms with Gasteiger partial charge in [-0.1, -0.05) is 38.1 Å². The summed E-state index contributed by atoms with van der Waals surface area (Å²) in [7, 11) is 0. The predicted molar refractivity (Wildman–Crippen MR) is 63.1 cm³/mol. The molecule has 0 fully saturated rings. The van der Waals surface area contributed by atoms with Crippen molar-refractivity contribution in [3.63, 3.8) is 0 Å². The molecule has 0 bridgehead atoms. The van der Waals surface area contributed by atoms with Crippen molar-refractivity contribution in [2.75, 3.05) is 13.1 Å². The van der Waals surface area contributed by atoms with Crippen LogP contribution in [0.2, 0.25) is 0 Å². The molecule has 0 heterocycles. The molecule has 0 aliphatic rings. The van der Waals surface area contributed by atoms with Crippen molar-refractivity contribution in [1.82, 2.24) is 5.32 Å². The maximum absolute atomic E-state index is 12.6. The lowest BCUT2D eigenvalue weighted by Crippen LogP contribution is -2.19. The predicted octanol–water partition coefficient (Wildman–Crippen LogP) is 3.08. The van der Waals surface area contributed by atoms with E-state index in [1.165, 1.54) is 12.1 Å². The number of benzene rings is 1. The van der Waals surface area contributed by atoms with Crippen molar-refractivity contribution in [2.45, 2.75) is 13.8 Å². The molecule has 0 radical (unpaired) electrons. The summed E-state index contributed by atoms with van der Waals surface area (Å²) in [6.07, 6.45) is 4.04. The van der Waals surface area contributed by atoms with Gasteiger partial charge in [0.15, 0.2) is 0 Å². The molecule has 1 nitrogen and oxygen atoms in total. The Bertz CT molecular complexity index is 301. The summed E-state index contributed by atoms with van der Waals surface area (Å²) in [5.74, 6) is 0.481. The summed E-state index contributed by atoms with van der Waals surface area (Å²) >= 11 is 0. The lowest BCUT2D eigenvalue weighted by molar-refractivity contribution is 0.577. The average Bonchev–Trinajstić information content (AvgIpc) is 2.20. The molecule has 0 aliphatic heterocycles. The van der Waals surface area contributed by atoms with Crippen LogP contribution in [0, 0.1) is 11.7 Å². The van der Waals surface area contributed by atoms with E-state index in [0.717, 1.165) is 18.7 Å². The van der Waals surface area contributed by atoms with Gasteiger partial charge in [0.1, 0.15) is 5.82 Å². The molecule has 0 saturated heterocycles. The van der Waals surface area contributed by atoms with Gasteiger partial charge in [0.2, 0.25) is 0 Å². The van der Waals surface area contributed by atoms with Gasteiger partial charge in [-0.15, -0.1) is 0 Å². The van der Waals surface area contributed by atoms with Crippen LogP contribution in [0.3, 0.4) is 0 Å². The molecule has 0 unspecified atom stereocenters. The highest BCUT2D eigenvalue weighted by atomic mass is 19.1. The van der Waals surface area contributed by atoms with E-state index in [1.54, 1.807) is 12.1 Å². The average molecular weight is 207 g/mol. The van der Waals surface area contributed by atoms with E-state index in [-0.39, 0.29) is 5.82 Å². The van der Waals surface area contributed by atoms with Crippen molar-refractivity contribution in [3.8, 4) is 0 Å². The molecule has 1 aromatic rings. The smallest absolute Gasteiger partial charge is 0.123 e. The van der Waals surface area contributed by atoms with Gasteiger partial charge >= 0.3 is 0 Å². The van der Waals surface area contributed by atoms with Gasteiger partial charge in [0, 0.05) is 6.54 Å². The fourth-order valence-corrected chi connectivity index (χ4v) is 1.22. The van der Waals surface area contributed by atoms with E-state index >= 15 is 0 Å². The van der Waals surface area contributed by atoms with E-state index < -0.39 is 0 Å². The Morgan fingerprint density at radius 3 is 2.53 bits per heavy atom. The molecule has 1 N–H and O–H groups in total. The van der Waals surface area contributed by atoms with E-state index in [1.807, 2.05) is 6.08 Å². The monoisotopic (exact) mass is 207 g/mol. The Labute approximate surface area is 91.0 Å². The molecule has 82 valence electrons. The third kappa shape index (κ3) is 5.33. The van der Waals surface area contributed by atoms with Crippen molar-refractivity contribution < 1.29 is 4.39 Å². The zero-order valence-corrected chi connectivity index (χ0v) is 9.33. The van der Waals surface area contributed by atoms with Crippen LogP contribution in [-0.4, -0.2) is 13.1 Å². The molecule has 0 aromatic heterocycles. The third-order valence-corrected chi connectivity index (χ3v) is 2.00. The van der Waals surface area contributed by atoms with E-state index in [2.05, 4.69) is 25.2 Å². The molecule has 0 atom stereocenters. The van der Waals surface area contributed by atoms with Gasteiger partial charge in [-0.2, -0.15) is 0 Å². The molecule has 0 spiro atoms. The van der Waals surface area contributed by atoms with Crippen LogP contribution in [0.25, 0.3) is 6.08 Å². The minimum absolute atomic E-state index is 0.190. The van der Waals surface area contributed by atoms with Crippen molar-refractivity contribution in [2.24, 2.45) is 5.92 Å². The van der Waals surface area contributed by atoms with Crippen LogP contribution in [0.15, 0.2) is 30.3 Å². The third-order valence-electron chi connectivity index (χ3n) is 2.00. The lowest BCUT2D eigenvalue weighted by atomic mass is 10.2. The summed E-state index contributed by atoms with van der Waals surface area (Å²) in [6.45, 7) is 6.23. The van der Waals surface area contributed by atoms with Crippen LogP contribution < -0.4 is 5.32 Å². The standard InChI is InChI=1S/C13H18FN/c1-11(2)10-15-9-3-4-12-5-7-13(14)8-6-12/h3-8,11,15H,9-10H2,1-2H3. The molecular weight excluding hydrogens is 189 g/mol. The number of hydrogen-bond donors (Lipinski definition) is 1.